The maximum absolute atomic E-state index is 13.5. The number of nitrogens with zero attached hydrogens (tertiary/aromatic N) is 1. The lowest BCUT2D eigenvalue weighted by Crippen LogP contribution is -2.30. The molecule has 5 heteroatoms. The highest BCUT2D eigenvalue weighted by atomic mass is 127. The molecular formula is C16H16FIN2O. The van der Waals surface area contributed by atoms with E-state index in [4.69, 9.17) is 0 Å². The minimum atomic E-state index is -0.248. The van der Waals surface area contributed by atoms with E-state index in [1.54, 1.807) is 30.1 Å². The van der Waals surface area contributed by atoms with E-state index in [2.05, 4.69) is 27.9 Å². The predicted molar refractivity (Wildman–Crippen MR) is 90.5 cm³/mol. The summed E-state index contributed by atoms with van der Waals surface area (Å²) in [5.74, 6) is -0.363. The van der Waals surface area contributed by atoms with Crippen molar-refractivity contribution in [1.29, 1.82) is 0 Å². The first-order chi connectivity index (χ1) is 10.0. The van der Waals surface area contributed by atoms with Crippen LogP contribution in [-0.4, -0.2) is 24.4 Å². The number of benzene rings is 2. The number of nitrogens with one attached hydrogen (secondary N) is 1. The van der Waals surface area contributed by atoms with Gasteiger partial charge in [0.25, 0.3) is 0 Å². The summed E-state index contributed by atoms with van der Waals surface area (Å²) >= 11 is 2.21. The lowest BCUT2D eigenvalue weighted by molar-refractivity contribution is -0.117. The molecule has 0 aliphatic heterocycles. The second kappa shape index (κ2) is 7.51. The Hall–Kier alpha value is -1.47. The molecule has 2 aromatic carbocycles. The minimum Gasteiger partial charge on any atom is -0.325 e. The van der Waals surface area contributed by atoms with Crippen LogP contribution in [0, 0.1) is 9.39 Å². The Bertz CT molecular complexity index is 616. The zero-order valence-corrected chi connectivity index (χ0v) is 13.8. The Morgan fingerprint density at radius 2 is 1.86 bits per heavy atom. The number of carbonyl (C=O) groups is 1. The first-order valence-corrected chi connectivity index (χ1v) is 7.60. The molecule has 0 spiro atoms. The highest BCUT2D eigenvalue weighted by molar-refractivity contribution is 14.1. The number of hydrogen-bond donors (Lipinski definition) is 1. The number of amides is 1. The lowest BCUT2D eigenvalue weighted by atomic mass is 10.2. The van der Waals surface area contributed by atoms with Gasteiger partial charge in [-0.3, -0.25) is 9.69 Å². The van der Waals surface area contributed by atoms with Gasteiger partial charge in [0.05, 0.1) is 6.54 Å². The third kappa shape index (κ3) is 5.09. The number of carbonyl (C=O) groups excluding carboxylic acids is 1. The number of halogens is 2. The summed E-state index contributed by atoms with van der Waals surface area (Å²) in [5.41, 5.74) is 1.35. The number of anilines is 1. The molecule has 0 aliphatic rings. The van der Waals surface area contributed by atoms with Crippen molar-refractivity contribution in [2.75, 3.05) is 18.9 Å². The molecule has 0 aromatic heterocycles. The summed E-state index contributed by atoms with van der Waals surface area (Å²) in [4.78, 5) is 13.7. The zero-order chi connectivity index (χ0) is 15.2. The summed E-state index contributed by atoms with van der Waals surface area (Å²) in [7, 11) is 1.79. The van der Waals surface area contributed by atoms with Crippen molar-refractivity contribution in [2.45, 2.75) is 6.54 Å². The molecule has 0 aliphatic carbocycles. The van der Waals surface area contributed by atoms with Crippen LogP contribution >= 0.6 is 22.6 Å². The van der Waals surface area contributed by atoms with E-state index in [9.17, 15) is 9.18 Å². The molecule has 0 radical (unpaired) electrons. The SMILES string of the molecule is CN(CC(=O)Nc1ccc(I)cc1)Cc1ccccc1F. The molecule has 0 saturated heterocycles. The molecule has 0 heterocycles. The van der Waals surface area contributed by atoms with Crippen LogP contribution in [0.4, 0.5) is 10.1 Å². The van der Waals surface area contributed by atoms with Crippen LogP contribution in [0.3, 0.4) is 0 Å². The predicted octanol–water partition coefficient (Wildman–Crippen LogP) is 3.50. The molecule has 0 atom stereocenters. The molecule has 2 aromatic rings. The fourth-order valence-corrected chi connectivity index (χ4v) is 2.31. The second-order valence-corrected chi connectivity index (χ2v) is 6.06. The van der Waals surface area contributed by atoms with Crippen LogP contribution in [-0.2, 0) is 11.3 Å². The van der Waals surface area contributed by atoms with Crippen LogP contribution in [0.2, 0.25) is 0 Å². The van der Waals surface area contributed by atoms with Crippen LogP contribution in [0.5, 0.6) is 0 Å². The van der Waals surface area contributed by atoms with Crippen molar-refractivity contribution in [3.05, 3.63) is 63.5 Å². The van der Waals surface area contributed by atoms with Crippen LogP contribution in [0.15, 0.2) is 48.5 Å². The Morgan fingerprint density at radius 3 is 2.52 bits per heavy atom. The Labute approximate surface area is 137 Å². The van der Waals surface area contributed by atoms with E-state index in [0.717, 1.165) is 9.26 Å². The molecule has 3 nitrogen and oxygen atoms in total. The van der Waals surface area contributed by atoms with Crippen LogP contribution in [0.25, 0.3) is 0 Å². The van der Waals surface area contributed by atoms with Gasteiger partial charge in [-0.15, -0.1) is 0 Å². The van der Waals surface area contributed by atoms with E-state index in [1.807, 2.05) is 24.3 Å². The van der Waals surface area contributed by atoms with Crippen molar-refractivity contribution >= 4 is 34.2 Å². The van der Waals surface area contributed by atoms with Gasteiger partial charge in [-0.05, 0) is 60.0 Å². The average molecular weight is 398 g/mol. The number of likely N-dealkylation sites (N-methyl/N-ethyl adjacent to an activating group) is 1. The monoisotopic (exact) mass is 398 g/mol. The highest BCUT2D eigenvalue weighted by Gasteiger charge is 2.09. The normalized spacial score (nSPS) is 10.7. The largest absolute Gasteiger partial charge is 0.325 e. The zero-order valence-electron chi connectivity index (χ0n) is 11.6. The van der Waals surface area contributed by atoms with Gasteiger partial charge >= 0.3 is 0 Å². The fourth-order valence-electron chi connectivity index (χ4n) is 1.95. The topological polar surface area (TPSA) is 32.3 Å². The van der Waals surface area contributed by atoms with Crippen molar-refractivity contribution < 1.29 is 9.18 Å². The van der Waals surface area contributed by atoms with E-state index >= 15 is 0 Å². The van der Waals surface area contributed by atoms with E-state index in [1.165, 1.54) is 6.07 Å². The summed E-state index contributed by atoms with van der Waals surface area (Å²) in [6, 6.07) is 14.2. The number of rotatable bonds is 5. The van der Waals surface area contributed by atoms with Gasteiger partial charge in [0.2, 0.25) is 5.91 Å². The van der Waals surface area contributed by atoms with Crippen molar-refractivity contribution in [3.63, 3.8) is 0 Å². The van der Waals surface area contributed by atoms with Gasteiger partial charge in [0.15, 0.2) is 0 Å². The lowest BCUT2D eigenvalue weighted by Gasteiger charge is -2.16. The standard InChI is InChI=1S/C16H16FIN2O/c1-20(10-12-4-2-3-5-15(12)17)11-16(21)19-14-8-6-13(18)7-9-14/h2-9H,10-11H2,1H3,(H,19,21). The smallest absolute Gasteiger partial charge is 0.238 e. The molecule has 0 saturated carbocycles. The van der Waals surface area contributed by atoms with Crippen molar-refractivity contribution in [1.82, 2.24) is 4.90 Å². The molecule has 2 rings (SSSR count). The van der Waals surface area contributed by atoms with E-state index in [0.29, 0.717) is 12.1 Å². The molecular weight excluding hydrogens is 382 g/mol. The molecule has 1 amide bonds. The van der Waals surface area contributed by atoms with Crippen LogP contribution < -0.4 is 5.32 Å². The van der Waals surface area contributed by atoms with Crippen molar-refractivity contribution in [2.24, 2.45) is 0 Å². The molecule has 1 N–H and O–H groups in total. The maximum atomic E-state index is 13.5. The van der Waals surface area contributed by atoms with Gasteiger partial charge in [-0.2, -0.15) is 0 Å². The van der Waals surface area contributed by atoms with E-state index in [-0.39, 0.29) is 18.3 Å². The third-order valence-corrected chi connectivity index (χ3v) is 3.66. The molecule has 0 fully saturated rings. The quantitative estimate of drug-likeness (QED) is 0.783. The van der Waals surface area contributed by atoms with Gasteiger partial charge in [-0.1, -0.05) is 18.2 Å². The first-order valence-electron chi connectivity index (χ1n) is 6.52. The minimum absolute atomic E-state index is 0.116. The van der Waals surface area contributed by atoms with E-state index < -0.39 is 0 Å². The molecule has 110 valence electrons. The Morgan fingerprint density at radius 1 is 1.19 bits per heavy atom. The van der Waals surface area contributed by atoms with Crippen LogP contribution in [0.1, 0.15) is 5.56 Å². The molecule has 0 bridgehead atoms. The number of hydrogen-bond acceptors (Lipinski definition) is 2. The van der Waals surface area contributed by atoms with Crippen molar-refractivity contribution in [3.8, 4) is 0 Å². The van der Waals surface area contributed by atoms with Gasteiger partial charge in [0.1, 0.15) is 5.82 Å². The van der Waals surface area contributed by atoms with Gasteiger partial charge < -0.3 is 5.32 Å². The summed E-state index contributed by atoms with van der Waals surface area (Å²) in [6.07, 6.45) is 0. The fraction of sp³-hybridized carbons (Fsp3) is 0.188. The highest BCUT2D eigenvalue weighted by Crippen LogP contribution is 2.12. The van der Waals surface area contributed by atoms with Gasteiger partial charge in [0, 0.05) is 21.4 Å². The Balaban J connectivity index is 1.87. The maximum Gasteiger partial charge on any atom is 0.238 e. The summed E-state index contributed by atoms with van der Waals surface area (Å²) < 4.78 is 14.7. The Kier molecular flexibility index (Phi) is 5.69. The summed E-state index contributed by atoms with van der Waals surface area (Å²) in [6.45, 7) is 0.604. The van der Waals surface area contributed by atoms with Gasteiger partial charge in [-0.25, -0.2) is 4.39 Å². The molecule has 0 unspecified atom stereocenters. The molecule has 21 heavy (non-hydrogen) atoms. The first kappa shape index (κ1) is 15.9. The summed E-state index contributed by atoms with van der Waals surface area (Å²) in [5, 5.41) is 2.82. The second-order valence-electron chi connectivity index (χ2n) is 4.82. The third-order valence-electron chi connectivity index (χ3n) is 2.94. The average Bonchev–Trinajstić information content (AvgIpc) is 2.44.